The number of hydrogen-bond acceptors (Lipinski definition) is 3. The predicted octanol–water partition coefficient (Wildman–Crippen LogP) is 2.87. The summed E-state index contributed by atoms with van der Waals surface area (Å²) in [5.41, 5.74) is 7.08. The fourth-order valence-electron chi connectivity index (χ4n) is 2.01. The van der Waals surface area contributed by atoms with Crippen molar-refractivity contribution < 1.29 is 4.74 Å². The molecule has 2 N–H and O–H groups in total. The number of benzene rings is 1. The number of rotatable bonds is 6. The quantitative estimate of drug-likeness (QED) is 0.877. The minimum absolute atomic E-state index is 0.133. The van der Waals surface area contributed by atoms with Gasteiger partial charge in [0.05, 0.1) is 7.11 Å². The first-order valence-electron chi connectivity index (χ1n) is 6.09. The molecule has 0 amide bonds. The maximum absolute atomic E-state index is 5.77. The largest absolute Gasteiger partial charge is 0.496 e. The Morgan fingerprint density at radius 1 is 1.39 bits per heavy atom. The van der Waals surface area contributed by atoms with Crippen LogP contribution < -0.4 is 10.5 Å². The van der Waals surface area contributed by atoms with E-state index in [2.05, 4.69) is 47.8 Å². The molecule has 0 radical (unpaired) electrons. The summed E-state index contributed by atoms with van der Waals surface area (Å²) >= 11 is 3.50. The van der Waals surface area contributed by atoms with Gasteiger partial charge >= 0.3 is 0 Å². The van der Waals surface area contributed by atoms with Crippen molar-refractivity contribution in [3.8, 4) is 5.75 Å². The monoisotopic (exact) mass is 314 g/mol. The van der Waals surface area contributed by atoms with Crippen molar-refractivity contribution >= 4 is 15.9 Å². The van der Waals surface area contributed by atoms with E-state index in [0.29, 0.717) is 6.54 Å². The highest BCUT2D eigenvalue weighted by Crippen LogP contribution is 2.25. The second kappa shape index (κ2) is 6.55. The van der Waals surface area contributed by atoms with Gasteiger partial charge in [-0.3, -0.25) is 0 Å². The molecule has 1 aromatic rings. The number of methoxy groups -OCH3 is 1. The zero-order chi connectivity index (χ0) is 13.8. The molecule has 0 bridgehead atoms. The number of halogens is 1. The highest BCUT2D eigenvalue weighted by atomic mass is 79.9. The lowest BCUT2D eigenvalue weighted by molar-refractivity contribution is 0.208. The number of ether oxygens (including phenoxy) is 1. The van der Waals surface area contributed by atoms with E-state index in [-0.39, 0.29) is 5.41 Å². The third-order valence-corrected chi connectivity index (χ3v) is 3.43. The van der Waals surface area contributed by atoms with Gasteiger partial charge in [-0.2, -0.15) is 0 Å². The van der Waals surface area contributed by atoms with E-state index in [0.717, 1.165) is 23.3 Å². The van der Waals surface area contributed by atoms with Crippen LogP contribution in [0, 0.1) is 5.41 Å². The maximum Gasteiger partial charge on any atom is 0.123 e. The zero-order valence-electron chi connectivity index (χ0n) is 11.7. The van der Waals surface area contributed by atoms with Crippen molar-refractivity contribution in [3.05, 3.63) is 28.2 Å². The Balaban J connectivity index is 2.75. The molecule has 0 aromatic heterocycles. The molecule has 4 heteroatoms. The third kappa shape index (κ3) is 4.59. The molecule has 0 spiro atoms. The van der Waals surface area contributed by atoms with Gasteiger partial charge < -0.3 is 15.4 Å². The summed E-state index contributed by atoms with van der Waals surface area (Å²) in [6.07, 6.45) is 0. The Bertz CT molecular complexity index is 393. The zero-order valence-corrected chi connectivity index (χ0v) is 13.3. The lowest BCUT2D eigenvalue weighted by Crippen LogP contribution is -2.36. The van der Waals surface area contributed by atoms with Gasteiger partial charge in [0, 0.05) is 23.1 Å². The molecule has 0 saturated heterocycles. The molecule has 18 heavy (non-hydrogen) atoms. The lowest BCUT2D eigenvalue weighted by atomic mass is 9.93. The molecule has 1 rings (SSSR count). The van der Waals surface area contributed by atoms with Gasteiger partial charge in [-0.15, -0.1) is 0 Å². The summed E-state index contributed by atoms with van der Waals surface area (Å²) in [4.78, 5) is 2.27. The number of hydrogen-bond donors (Lipinski definition) is 1. The Hall–Kier alpha value is -0.580. The molecule has 3 nitrogen and oxygen atoms in total. The van der Waals surface area contributed by atoms with Gasteiger partial charge in [-0.05, 0) is 37.2 Å². The third-order valence-electron chi connectivity index (χ3n) is 2.93. The Kier molecular flexibility index (Phi) is 5.63. The van der Waals surface area contributed by atoms with Crippen molar-refractivity contribution in [3.63, 3.8) is 0 Å². The second-order valence-corrected chi connectivity index (χ2v) is 6.41. The van der Waals surface area contributed by atoms with Crippen molar-refractivity contribution in [2.45, 2.75) is 20.4 Å². The van der Waals surface area contributed by atoms with Gasteiger partial charge in [0.2, 0.25) is 0 Å². The van der Waals surface area contributed by atoms with Crippen molar-refractivity contribution in [2.75, 3.05) is 27.2 Å². The predicted molar refractivity (Wildman–Crippen MR) is 79.9 cm³/mol. The van der Waals surface area contributed by atoms with Crippen LogP contribution in [0.1, 0.15) is 19.4 Å². The number of nitrogens with two attached hydrogens (primary N) is 1. The van der Waals surface area contributed by atoms with E-state index in [1.807, 2.05) is 12.1 Å². The molecular formula is C14H23BrN2O. The first-order chi connectivity index (χ1) is 8.38. The van der Waals surface area contributed by atoms with Crippen LogP contribution in [-0.4, -0.2) is 32.1 Å². The number of nitrogens with zero attached hydrogens (tertiary/aromatic N) is 1. The summed E-state index contributed by atoms with van der Waals surface area (Å²) in [5, 5.41) is 0. The standard InChI is InChI=1S/C14H23BrN2O/c1-14(2,9-16)10-17(3)8-11-7-12(15)5-6-13(11)18-4/h5-7H,8-10,16H2,1-4H3. The topological polar surface area (TPSA) is 38.5 Å². The van der Waals surface area contributed by atoms with E-state index >= 15 is 0 Å². The highest BCUT2D eigenvalue weighted by molar-refractivity contribution is 9.10. The molecule has 102 valence electrons. The van der Waals surface area contributed by atoms with Crippen LogP contribution in [0.4, 0.5) is 0 Å². The van der Waals surface area contributed by atoms with E-state index in [9.17, 15) is 0 Å². The maximum atomic E-state index is 5.77. The van der Waals surface area contributed by atoms with Crippen LogP contribution in [0.25, 0.3) is 0 Å². The first-order valence-corrected chi connectivity index (χ1v) is 6.88. The van der Waals surface area contributed by atoms with Crippen molar-refractivity contribution in [2.24, 2.45) is 11.1 Å². The van der Waals surface area contributed by atoms with Crippen LogP contribution in [0.5, 0.6) is 5.75 Å². The van der Waals surface area contributed by atoms with Crippen molar-refractivity contribution in [1.29, 1.82) is 0 Å². The van der Waals surface area contributed by atoms with Crippen LogP contribution >= 0.6 is 15.9 Å². The summed E-state index contributed by atoms with van der Waals surface area (Å²) in [7, 11) is 3.81. The molecule has 0 aliphatic carbocycles. The fraction of sp³-hybridized carbons (Fsp3) is 0.571. The Labute approximate surface area is 118 Å². The van der Waals surface area contributed by atoms with Gasteiger partial charge in [0.1, 0.15) is 5.75 Å². The normalized spacial score (nSPS) is 11.9. The SMILES string of the molecule is COc1ccc(Br)cc1CN(C)CC(C)(C)CN. The molecule has 0 heterocycles. The average Bonchev–Trinajstić information content (AvgIpc) is 2.28. The second-order valence-electron chi connectivity index (χ2n) is 5.50. The van der Waals surface area contributed by atoms with Gasteiger partial charge in [0.15, 0.2) is 0 Å². The molecular weight excluding hydrogens is 292 g/mol. The van der Waals surface area contributed by atoms with Crippen LogP contribution in [0.2, 0.25) is 0 Å². The molecule has 0 atom stereocenters. The molecule has 0 aliphatic heterocycles. The molecule has 0 unspecified atom stereocenters. The van der Waals surface area contributed by atoms with E-state index in [1.165, 1.54) is 5.56 Å². The fourth-order valence-corrected chi connectivity index (χ4v) is 2.42. The van der Waals surface area contributed by atoms with Crippen LogP contribution in [-0.2, 0) is 6.54 Å². The van der Waals surface area contributed by atoms with E-state index in [4.69, 9.17) is 10.5 Å². The molecule has 0 saturated carbocycles. The molecule has 0 aliphatic rings. The van der Waals surface area contributed by atoms with Gasteiger partial charge in [-0.25, -0.2) is 0 Å². The van der Waals surface area contributed by atoms with E-state index in [1.54, 1.807) is 7.11 Å². The lowest BCUT2D eigenvalue weighted by Gasteiger charge is -2.29. The first kappa shape index (κ1) is 15.5. The van der Waals surface area contributed by atoms with Crippen LogP contribution in [0.3, 0.4) is 0 Å². The van der Waals surface area contributed by atoms with Crippen molar-refractivity contribution in [1.82, 2.24) is 4.90 Å². The van der Waals surface area contributed by atoms with Gasteiger partial charge in [0.25, 0.3) is 0 Å². The Morgan fingerprint density at radius 3 is 2.61 bits per heavy atom. The summed E-state index contributed by atoms with van der Waals surface area (Å²) in [5.74, 6) is 0.926. The summed E-state index contributed by atoms with van der Waals surface area (Å²) in [6, 6.07) is 6.08. The minimum atomic E-state index is 0.133. The molecule has 1 aromatic carbocycles. The minimum Gasteiger partial charge on any atom is -0.496 e. The average molecular weight is 315 g/mol. The summed E-state index contributed by atoms with van der Waals surface area (Å²) in [6.45, 7) is 6.86. The smallest absolute Gasteiger partial charge is 0.123 e. The van der Waals surface area contributed by atoms with Crippen LogP contribution in [0.15, 0.2) is 22.7 Å². The van der Waals surface area contributed by atoms with Gasteiger partial charge in [-0.1, -0.05) is 29.8 Å². The Morgan fingerprint density at radius 2 is 2.06 bits per heavy atom. The van der Waals surface area contributed by atoms with E-state index < -0.39 is 0 Å². The highest BCUT2D eigenvalue weighted by Gasteiger charge is 2.18. The molecule has 0 fully saturated rings. The summed E-state index contributed by atoms with van der Waals surface area (Å²) < 4.78 is 6.46.